The van der Waals surface area contributed by atoms with Gasteiger partial charge in [0.1, 0.15) is 6.07 Å². The summed E-state index contributed by atoms with van der Waals surface area (Å²) < 4.78 is 4.78. The molecule has 0 saturated carbocycles. The lowest BCUT2D eigenvalue weighted by molar-refractivity contribution is -0.384. The molecule has 0 spiro atoms. The van der Waals surface area contributed by atoms with E-state index in [0.29, 0.717) is 11.4 Å². The van der Waals surface area contributed by atoms with E-state index < -0.39 is 10.9 Å². The Morgan fingerprint density at radius 3 is 2.62 bits per heavy atom. The summed E-state index contributed by atoms with van der Waals surface area (Å²) in [6.07, 6.45) is 1.16. The van der Waals surface area contributed by atoms with Crippen LogP contribution in [0.1, 0.15) is 6.92 Å². The van der Waals surface area contributed by atoms with Gasteiger partial charge in [-0.2, -0.15) is 5.26 Å². The van der Waals surface area contributed by atoms with E-state index in [0.717, 1.165) is 11.9 Å². The number of nitro benzene ring substituents is 1. The molecule has 0 bridgehead atoms. The highest BCUT2D eigenvalue weighted by Crippen LogP contribution is 2.29. The van der Waals surface area contributed by atoms with Gasteiger partial charge in [-0.1, -0.05) is 18.2 Å². The summed E-state index contributed by atoms with van der Waals surface area (Å²) in [6.45, 7) is 1.76. The number of para-hydroxylation sites is 1. The maximum Gasteiger partial charge on any atom is 0.350 e. The van der Waals surface area contributed by atoms with Crippen molar-refractivity contribution < 1.29 is 14.5 Å². The number of nitrogens with zero attached hydrogens (tertiary/aromatic N) is 2. The van der Waals surface area contributed by atoms with Crippen LogP contribution in [-0.2, 0) is 9.53 Å². The third kappa shape index (κ3) is 4.82. The average Bonchev–Trinajstić information content (AvgIpc) is 2.64. The van der Waals surface area contributed by atoms with E-state index in [2.05, 4.69) is 10.6 Å². The fraction of sp³-hybridized carbons (Fsp3) is 0.111. The molecule has 0 aliphatic heterocycles. The molecule has 0 saturated heterocycles. The molecule has 0 fully saturated rings. The second kappa shape index (κ2) is 8.84. The van der Waals surface area contributed by atoms with Crippen LogP contribution in [-0.4, -0.2) is 17.5 Å². The Morgan fingerprint density at radius 1 is 1.27 bits per heavy atom. The van der Waals surface area contributed by atoms with Crippen LogP contribution in [0.4, 0.5) is 22.7 Å². The van der Waals surface area contributed by atoms with Crippen molar-refractivity contribution in [2.24, 2.45) is 0 Å². The number of hydrogen-bond donors (Lipinski definition) is 2. The average molecular weight is 352 g/mol. The quantitative estimate of drug-likeness (QED) is 0.256. The minimum Gasteiger partial charge on any atom is -0.462 e. The van der Waals surface area contributed by atoms with Gasteiger partial charge in [0.25, 0.3) is 5.69 Å². The largest absolute Gasteiger partial charge is 0.462 e. The number of rotatable bonds is 7. The van der Waals surface area contributed by atoms with Gasteiger partial charge in [0.15, 0.2) is 5.57 Å². The predicted molar refractivity (Wildman–Crippen MR) is 96.8 cm³/mol. The predicted octanol–water partition coefficient (Wildman–Crippen LogP) is 3.72. The molecule has 0 aromatic heterocycles. The summed E-state index contributed by atoms with van der Waals surface area (Å²) in [5.41, 5.74) is 1.27. The molecule has 0 radical (unpaired) electrons. The number of carbonyl (C=O) groups excluding carboxylic acids is 1. The number of nitro groups is 1. The first-order valence-electron chi connectivity index (χ1n) is 7.69. The monoisotopic (exact) mass is 352 g/mol. The minimum absolute atomic E-state index is 0.130. The van der Waals surface area contributed by atoms with Crippen molar-refractivity contribution in [3.8, 4) is 6.07 Å². The van der Waals surface area contributed by atoms with Gasteiger partial charge in [0.05, 0.1) is 22.9 Å². The van der Waals surface area contributed by atoms with Crippen LogP contribution in [0.25, 0.3) is 0 Å². The van der Waals surface area contributed by atoms with Gasteiger partial charge in [0, 0.05) is 24.0 Å². The third-order valence-electron chi connectivity index (χ3n) is 3.25. The van der Waals surface area contributed by atoms with Crippen LogP contribution in [0.15, 0.2) is 60.3 Å². The molecule has 2 aromatic rings. The first-order chi connectivity index (χ1) is 12.5. The van der Waals surface area contributed by atoms with Crippen molar-refractivity contribution in [2.45, 2.75) is 6.92 Å². The molecule has 132 valence electrons. The van der Waals surface area contributed by atoms with Gasteiger partial charge < -0.3 is 15.4 Å². The van der Waals surface area contributed by atoms with E-state index in [-0.39, 0.29) is 17.9 Å². The molecule has 0 amide bonds. The highest BCUT2D eigenvalue weighted by Gasteiger charge is 2.13. The van der Waals surface area contributed by atoms with Gasteiger partial charge >= 0.3 is 5.97 Å². The number of carbonyl (C=O) groups is 1. The molecule has 0 heterocycles. The standard InChI is InChI=1S/C18H16N4O4/c1-2-26-18(23)13(11-19)12-20-17-10-15(22(24)25)8-9-16(17)21-14-6-4-3-5-7-14/h3-10,12,20-21H,2H2,1H3/b13-12+. The number of ether oxygens (including phenoxy) is 1. The van der Waals surface area contributed by atoms with Gasteiger partial charge in [0.2, 0.25) is 0 Å². The summed E-state index contributed by atoms with van der Waals surface area (Å²) in [5.74, 6) is -0.773. The Balaban J connectivity index is 2.34. The molecular formula is C18H16N4O4. The van der Waals surface area contributed by atoms with Gasteiger partial charge in [-0.25, -0.2) is 4.79 Å². The van der Waals surface area contributed by atoms with Crippen molar-refractivity contribution in [3.05, 3.63) is 70.4 Å². The molecule has 2 aromatic carbocycles. The Bertz CT molecular complexity index is 873. The fourth-order valence-electron chi connectivity index (χ4n) is 2.05. The summed E-state index contributed by atoms with van der Waals surface area (Å²) in [6, 6.07) is 15.2. The maximum atomic E-state index is 11.7. The Labute approximate surface area is 149 Å². The number of nitrogens with one attached hydrogen (secondary N) is 2. The molecule has 2 rings (SSSR count). The van der Waals surface area contributed by atoms with E-state index in [1.54, 1.807) is 13.0 Å². The number of non-ortho nitro benzene ring substituents is 1. The van der Waals surface area contributed by atoms with Crippen molar-refractivity contribution >= 4 is 28.7 Å². The molecular weight excluding hydrogens is 336 g/mol. The van der Waals surface area contributed by atoms with Crippen LogP contribution in [0, 0.1) is 21.4 Å². The van der Waals surface area contributed by atoms with Gasteiger partial charge in [-0.05, 0) is 25.1 Å². The lowest BCUT2D eigenvalue weighted by Gasteiger charge is -2.12. The van der Waals surface area contributed by atoms with E-state index in [1.165, 1.54) is 18.2 Å². The first kappa shape index (κ1) is 18.5. The third-order valence-corrected chi connectivity index (χ3v) is 3.25. The van der Waals surface area contributed by atoms with Gasteiger partial charge in [-0.15, -0.1) is 0 Å². The molecule has 8 nitrogen and oxygen atoms in total. The lowest BCUT2D eigenvalue weighted by Crippen LogP contribution is -2.08. The topological polar surface area (TPSA) is 117 Å². The van der Waals surface area contributed by atoms with Crippen molar-refractivity contribution in [3.63, 3.8) is 0 Å². The van der Waals surface area contributed by atoms with Crippen LogP contribution in [0.5, 0.6) is 0 Å². The normalized spacial score (nSPS) is 10.5. The van der Waals surface area contributed by atoms with E-state index in [4.69, 9.17) is 10.00 Å². The molecule has 0 atom stereocenters. The molecule has 2 N–H and O–H groups in total. The molecule has 26 heavy (non-hydrogen) atoms. The van der Waals surface area contributed by atoms with E-state index in [1.807, 2.05) is 30.3 Å². The summed E-state index contributed by atoms with van der Waals surface area (Å²) in [4.78, 5) is 22.2. The summed E-state index contributed by atoms with van der Waals surface area (Å²) in [5, 5.41) is 26.0. The van der Waals surface area contributed by atoms with Crippen LogP contribution in [0.3, 0.4) is 0 Å². The zero-order valence-corrected chi connectivity index (χ0v) is 13.9. The van der Waals surface area contributed by atoms with Crippen molar-refractivity contribution in [2.75, 3.05) is 17.2 Å². The second-order valence-corrected chi connectivity index (χ2v) is 5.01. The Morgan fingerprint density at radius 2 is 2.00 bits per heavy atom. The highest BCUT2D eigenvalue weighted by molar-refractivity contribution is 5.93. The fourth-order valence-corrected chi connectivity index (χ4v) is 2.05. The maximum absolute atomic E-state index is 11.7. The summed E-state index contributed by atoms with van der Waals surface area (Å²) in [7, 11) is 0. The lowest BCUT2D eigenvalue weighted by atomic mass is 10.2. The Hall–Kier alpha value is -3.86. The molecule has 0 aliphatic rings. The number of benzene rings is 2. The van der Waals surface area contributed by atoms with Crippen molar-refractivity contribution in [1.29, 1.82) is 5.26 Å². The van der Waals surface area contributed by atoms with Crippen LogP contribution in [0.2, 0.25) is 0 Å². The smallest absolute Gasteiger partial charge is 0.350 e. The number of esters is 1. The molecule has 8 heteroatoms. The van der Waals surface area contributed by atoms with E-state index >= 15 is 0 Å². The number of anilines is 3. The van der Waals surface area contributed by atoms with Crippen LogP contribution >= 0.6 is 0 Å². The zero-order valence-electron chi connectivity index (χ0n) is 13.9. The number of nitriles is 1. The summed E-state index contributed by atoms with van der Waals surface area (Å²) >= 11 is 0. The van der Waals surface area contributed by atoms with Gasteiger partial charge in [-0.3, -0.25) is 10.1 Å². The van der Waals surface area contributed by atoms with E-state index in [9.17, 15) is 14.9 Å². The Kier molecular flexibility index (Phi) is 6.28. The number of hydrogen-bond acceptors (Lipinski definition) is 7. The molecule has 0 unspecified atom stereocenters. The highest BCUT2D eigenvalue weighted by atomic mass is 16.6. The molecule has 0 aliphatic carbocycles. The second-order valence-electron chi connectivity index (χ2n) is 5.01. The first-order valence-corrected chi connectivity index (χ1v) is 7.69. The van der Waals surface area contributed by atoms with Crippen molar-refractivity contribution in [1.82, 2.24) is 0 Å². The SMILES string of the molecule is CCOC(=O)/C(C#N)=C/Nc1cc([N+](=O)[O-])ccc1Nc1ccccc1. The zero-order chi connectivity index (χ0) is 18.9. The minimum atomic E-state index is -0.773. The van der Waals surface area contributed by atoms with Crippen LogP contribution < -0.4 is 10.6 Å².